The number of carbonyl (C=O) groups excluding carboxylic acids is 2. The summed E-state index contributed by atoms with van der Waals surface area (Å²) in [4.78, 5) is 28.9. The van der Waals surface area contributed by atoms with Crippen LogP contribution in [0.25, 0.3) is 5.69 Å². The first-order valence-corrected chi connectivity index (χ1v) is 9.10. The number of piperazine rings is 1. The summed E-state index contributed by atoms with van der Waals surface area (Å²) >= 11 is 0. The van der Waals surface area contributed by atoms with E-state index in [1.807, 2.05) is 72.5 Å². The molecule has 0 N–H and O–H groups in total. The molecule has 138 valence electrons. The van der Waals surface area contributed by atoms with Gasteiger partial charge in [-0.1, -0.05) is 32.0 Å². The molecule has 2 heterocycles. The van der Waals surface area contributed by atoms with Gasteiger partial charge in [0.15, 0.2) is 0 Å². The zero-order chi connectivity index (χ0) is 18.8. The van der Waals surface area contributed by atoms with Gasteiger partial charge in [-0.05, 0) is 26.0 Å². The van der Waals surface area contributed by atoms with E-state index in [0.29, 0.717) is 31.7 Å². The number of aromatic nitrogens is 2. The second-order valence-electron chi connectivity index (χ2n) is 7.07. The van der Waals surface area contributed by atoms with Gasteiger partial charge in [0.1, 0.15) is 0 Å². The number of benzene rings is 1. The number of carbonyl (C=O) groups is 2. The number of aryl methyl sites for hydroxylation is 1. The number of para-hydroxylation sites is 1. The van der Waals surface area contributed by atoms with Crippen molar-refractivity contribution >= 4 is 11.8 Å². The topological polar surface area (TPSA) is 58.4 Å². The van der Waals surface area contributed by atoms with E-state index in [1.165, 1.54) is 0 Å². The molecule has 0 spiro atoms. The minimum atomic E-state index is -0.00848. The van der Waals surface area contributed by atoms with Crippen LogP contribution in [-0.2, 0) is 4.79 Å². The second kappa shape index (κ2) is 7.32. The standard InChI is InChI=1S/C20H26N4O2/c1-14(2)19(25)22-10-12-23(13-11-22)20(26)18-15(3)21-24(16(18)4)17-8-6-5-7-9-17/h5-9,14H,10-13H2,1-4H3. The molecule has 1 aromatic heterocycles. The maximum atomic E-state index is 13.1. The lowest BCUT2D eigenvalue weighted by molar-refractivity contribution is -0.135. The quantitative estimate of drug-likeness (QED) is 0.851. The Morgan fingerprint density at radius 1 is 0.962 bits per heavy atom. The fourth-order valence-electron chi connectivity index (χ4n) is 3.43. The van der Waals surface area contributed by atoms with E-state index in [9.17, 15) is 9.59 Å². The van der Waals surface area contributed by atoms with Gasteiger partial charge >= 0.3 is 0 Å². The highest BCUT2D eigenvalue weighted by Gasteiger charge is 2.29. The normalized spacial score (nSPS) is 14.8. The summed E-state index contributed by atoms with van der Waals surface area (Å²) in [7, 11) is 0. The third kappa shape index (κ3) is 3.36. The van der Waals surface area contributed by atoms with Crippen LogP contribution in [0, 0.1) is 19.8 Å². The van der Waals surface area contributed by atoms with Crippen LogP contribution in [0.1, 0.15) is 35.6 Å². The first-order chi connectivity index (χ1) is 12.4. The van der Waals surface area contributed by atoms with Gasteiger partial charge in [0, 0.05) is 32.1 Å². The van der Waals surface area contributed by atoms with Crippen LogP contribution < -0.4 is 0 Å². The summed E-state index contributed by atoms with van der Waals surface area (Å²) < 4.78 is 1.82. The summed E-state index contributed by atoms with van der Waals surface area (Å²) in [6, 6.07) is 9.82. The average Bonchev–Trinajstić information content (AvgIpc) is 2.95. The molecule has 0 radical (unpaired) electrons. The number of rotatable bonds is 3. The van der Waals surface area contributed by atoms with Crippen LogP contribution in [0.2, 0.25) is 0 Å². The second-order valence-corrected chi connectivity index (χ2v) is 7.07. The maximum Gasteiger partial charge on any atom is 0.257 e. The fraction of sp³-hybridized carbons (Fsp3) is 0.450. The summed E-state index contributed by atoms with van der Waals surface area (Å²) in [6.45, 7) is 9.92. The number of nitrogens with zero attached hydrogens (tertiary/aromatic N) is 4. The molecular formula is C20H26N4O2. The van der Waals surface area contributed by atoms with Gasteiger partial charge in [-0.2, -0.15) is 5.10 Å². The van der Waals surface area contributed by atoms with E-state index < -0.39 is 0 Å². The smallest absolute Gasteiger partial charge is 0.257 e. The molecule has 0 aliphatic carbocycles. The SMILES string of the molecule is Cc1nn(-c2ccccc2)c(C)c1C(=O)N1CCN(C(=O)C(C)C)CC1. The number of hydrogen-bond acceptors (Lipinski definition) is 3. The first-order valence-electron chi connectivity index (χ1n) is 9.10. The van der Waals surface area contributed by atoms with Gasteiger partial charge in [0.25, 0.3) is 5.91 Å². The van der Waals surface area contributed by atoms with E-state index in [2.05, 4.69) is 5.10 Å². The first kappa shape index (κ1) is 18.2. The molecule has 3 rings (SSSR count). The Labute approximate surface area is 154 Å². The lowest BCUT2D eigenvalue weighted by Crippen LogP contribution is -2.51. The van der Waals surface area contributed by atoms with Crippen molar-refractivity contribution in [3.05, 3.63) is 47.3 Å². The summed E-state index contributed by atoms with van der Waals surface area (Å²) in [5.41, 5.74) is 3.19. The molecule has 1 aliphatic rings. The molecular weight excluding hydrogens is 328 g/mol. The Morgan fingerprint density at radius 3 is 2.12 bits per heavy atom. The van der Waals surface area contributed by atoms with Gasteiger partial charge < -0.3 is 9.80 Å². The molecule has 1 saturated heterocycles. The lowest BCUT2D eigenvalue weighted by atomic mass is 10.1. The Balaban J connectivity index is 1.77. The number of amides is 2. The average molecular weight is 354 g/mol. The highest BCUT2D eigenvalue weighted by Crippen LogP contribution is 2.20. The van der Waals surface area contributed by atoms with Crippen molar-refractivity contribution in [1.82, 2.24) is 19.6 Å². The molecule has 2 aromatic rings. The summed E-state index contributed by atoms with van der Waals surface area (Å²) in [6.07, 6.45) is 0. The predicted octanol–water partition coefficient (Wildman–Crippen LogP) is 2.43. The highest BCUT2D eigenvalue weighted by molar-refractivity contribution is 5.96. The molecule has 2 amide bonds. The van der Waals surface area contributed by atoms with Crippen molar-refractivity contribution in [2.75, 3.05) is 26.2 Å². The van der Waals surface area contributed by atoms with Crippen LogP contribution in [0.15, 0.2) is 30.3 Å². The molecule has 0 atom stereocenters. The Hall–Kier alpha value is -2.63. The molecule has 6 heteroatoms. The highest BCUT2D eigenvalue weighted by atomic mass is 16.2. The third-order valence-electron chi connectivity index (χ3n) is 4.88. The van der Waals surface area contributed by atoms with Gasteiger partial charge in [-0.3, -0.25) is 9.59 Å². The maximum absolute atomic E-state index is 13.1. The lowest BCUT2D eigenvalue weighted by Gasteiger charge is -2.35. The van der Waals surface area contributed by atoms with Crippen LogP contribution in [-0.4, -0.2) is 57.6 Å². The largest absolute Gasteiger partial charge is 0.339 e. The van der Waals surface area contributed by atoms with E-state index >= 15 is 0 Å². The van der Waals surface area contributed by atoms with Crippen LogP contribution in [0.3, 0.4) is 0 Å². The molecule has 6 nitrogen and oxygen atoms in total. The van der Waals surface area contributed by atoms with E-state index in [4.69, 9.17) is 0 Å². The summed E-state index contributed by atoms with van der Waals surface area (Å²) in [5.74, 6) is 0.144. The van der Waals surface area contributed by atoms with Crippen LogP contribution in [0.4, 0.5) is 0 Å². The number of hydrogen-bond donors (Lipinski definition) is 0. The van der Waals surface area contributed by atoms with Crippen molar-refractivity contribution in [2.45, 2.75) is 27.7 Å². The Kier molecular flexibility index (Phi) is 5.11. The van der Waals surface area contributed by atoms with Crippen molar-refractivity contribution in [1.29, 1.82) is 0 Å². The van der Waals surface area contributed by atoms with Gasteiger partial charge in [-0.25, -0.2) is 4.68 Å². The van der Waals surface area contributed by atoms with Crippen molar-refractivity contribution in [2.24, 2.45) is 5.92 Å². The monoisotopic (exact) mass is 354 g/mol. The molecule has 1 aromatic carbocycles. The zero-order valence-electron chi connectivity index (χ0n) is 15.9. The minimum absolute atomic E-state index is 0.00109. The fourth-order valence-corrected chi connectivity index (χ4v) is 3.43. The van der Waals surface area contributed by atoms with E-state index in [-0.39, 0.29) is 17.7 Å². The summed E-state index contributed by atoms with van der Waals surface area (Å²) in [5, 5.41) is 4.57. The molecule has 1 fully saturated rings. The van der Waals surface area contributed by atoms with Gasteiger partial charge in [0.2, 0.25) is 5.91 Å². The van der Waals surface area contributed by atoms with Gasteiger partial charge in [-0.15, -0.1) is 0 Å². The Bertz CT molecular complexity index is 803. The van der Waals surface area contributed by atoms with E-state index in [0.717, 1.165) is 17.1 Å². The van der Waals surface area contributed by atoms with E-state index in [1.54, 1.807) is 0 Å². The van der Waals surface area contributed by atoms with Crippen LogP contribution in [0.5, 0.6) is 0 Å². The molecule has 0 unspecified atom stereocenters. The molecule has 0 saturated carbocycles. The van der Waals surface area contributed by atoms with Crippen molar-refractivity contribution in [3.8, 4) is 5.69 Å². The van der Waals surface area contributed by atoms with Crippen molar-refractivity contribution in [3.63, 3.8) is 0 Å². The third-order valence-corrected chi connectivity index (χ3v) is 4.88. The molecule has 0 bridgehead atoms. The Morgan fingerprint density at radius 2 is 1.54 bits per heavy atom. The van der Waals surface area contributed by atoms with Gasteiger partial charge in [0.05, 0.1) is 22.6 Å². The molecule has 1 aliphatic heterocycles. The predicted molar refractivity (Wildman–Crippen MR) is 100 cm³/mol. The molecule has 26 heavy (non-hydrogen) atoms. The zero-order valence-corrected chi connectivity index (χ0v) is 15.9. The minimum Gasteiger partial charge on any atom is -0.339 e. The van der Waals surface area contributed by atoms with Crippen molar-refractivity contribution < 1.29 is 9.59 Å². The van der Waals surface area contributed by atoms with Crippen LogP contribution >= 0.6 is 0 Å².